The summed E-state index contributed by atoms with van der Waals surface area (Å²) >= 11 is 5.22. The summed E-state index contributed by atoms with van der Waals surface area (Å²) in [7, 11) is 2.05. The van der Waals surface area contributed by atoms with E-state index in [1.165, 1.54) is 11.1 Å². The second kappa shape index (κ2) is 10.1. The molecule has 4 nitrogen and oxygen atoms in total. The van der Waals surface area contributed by atoms with Crippen LogP contribution in [0, 0.1) is 12.8 Å². The summed E-state index contributed by atoms with van der Waals surface area (Å²) in [4.78, 5) is 17.6. The van der Waals surface area contributed by atoms with Gasteiger partial charge in [0.1, 0.15) is 0 Å². The van der Waals surface area contributed by atoms with Crippen molar-refractivity contribution >= 4 is 28.8 Å². The van der Waals surface area contributed by atoms with Crippen LogP contribution < -0.4 is 10.6 Å². The summed E-state index contributed by atoms with van der Waals surface area (Å²) in [5.74, 6) is 0.423. The van der Waals surface area contributed by atoms with Gasteiger partial charge in [-0.1, -0.05) is 61.5 Å². The van der Waals surface area contributed by atoms with Gasteiger partial charge in [0.15, 0.2) is 0 Å². The third-order valence-corrected chi connectivity index (χ3v) is 6.24. The molecule has 1 unspecified atom stereocenters. The number of carbonyl (C=O) groups excluding carboxylic acids is 1. The van der Waals surface area contributed by atoms with E-state index in [4.69, 9.17) is 18.0 Å². The number of aryl methyl sites for hydroxylation is 2. The molecule has 160 valence electrons. The van der Waals surface area contributed by atoms with E-state index in [0.717, 1.165) is 55.5 Å². The highest BCUT2D eigenvalue weighted by atomic mass is 32.1. The van der Waals surface area contributed by atoms with E-state index in [-0.39, 0.29) is 11.8 Å². The Labute approximate surface area is 186 Å². The summed E-state index contributed by atoms with van der Waals surface area (Å²) in [6.45, 7) is 5.60. The number of hydrogen-bond acceptors (Lipinski definition) is 3. The number of amides is 1. The zero-order valence-corrected chi connectivity index (χ0v) is 19.2. The molecule has 3 rings (SSSR count). The summed E-state index contributed by atoms with van der Waals surface area (Å²) in [6, 6.07) is 14.9. The fraction of sp³-hybridized carbons (Fsp3) is 0.440. The van der Waals surface area contributed by atoms with Crippen molar-refractivity contribution in [1.29, 1.82) is 0 Å². The first kappa shape index (κ1) is 22.3. The molecule has 5 heteroatoms. The molecule has 0 bridgehead atoms. The Morgan fingerprint density at radius 3 is 2.53 bits per heavy atom. The number of rotatable bonds is 9. The molecule has 0 aliphatic carbocycles. The van der Waals surface area contributed by atoms with Gasteiger partial charge in [0.05, 0.1) is 22.9 Å². The lowest BCUT2D eigenvalue weighted by Crippen LogP contribution is -2.45. The van der Waals surface area contributed by atoms with Gasteiger partial charge in [-0.25, -0.2) is 0 Å². The monoisotopic (exact) mass is 423 g/mol. The topological polar surface area (TPSA) is 49.6 Å². The van der Waals surface area contributed by atoms with Gasteiger partial charge in [0.25, 0.3) is 5.91 Å². The first-order chi connectivity index (χ1) is 14.4. The van der Waals surface area contributed by atoms with Crippen LogP contribution in [-0.4, -0.2) is 36.1 Å². The molecule has 0 saturated heterocycles. The number of carbonyl (C=O) groups is 1. The van der Waals surface area contributed by atoms with Crippen LogP contribution >= 0.6 is 12.2 Å². The largest absolute Gasteiger partial charge is 0.393 e. The van der Waals surface area contributed by atoms with E-state index >= 15 is 0 Å². The quantitative estimate of drug-likeness (QED) is 0.593. The average molecular weight is 424 g/mol. The molecule has 1 amide bonds. The smallest absolute Gasteiger partial charge is 0.257 e. The minimum atomic E-state index is 0.141. The van der Waals surface area contributed by atoms with Crippen LogP contribution in [0.2, 0.25) is 0 Å². The predicted octanol–water partition coefficient (Wildman–Crippen LogP) is 4.72. The Hall–Kier alpha value is -2.40. The van der Waals surface area contributed by atoms with Crippen LogP contribution in [0.5, 0.6) is 0 Å². The molecule has 0 spiro atoms. The summed E-state index contributed by atoms with van der Waals surface area (Å²) in [5, 5.41) is 0. The molecule has 1 aliphatic rings. The van der Waals surface area contributed by atoms with Crippen LogP contribution in [0.1, 0.15) is 53.2 Å². The van der Waals surface area contributed by atoms with E-state index in [9.17, 15) is 4.79 Å². The zero-order chi connectivity index (χ0) is 21.7. The Bertz CT molecular complexity index is 894. The molecular weight excluding hydrogens is 390 g/mol. The van der Waals surface area contributed by atoms with E-state index in [1.54, 1.807) is 0 Å². The van der Waals surface area contributed by atoms with Crippen LogP contribution in [0.4, 0.5) is 5.69 Å². The molecule has 1 aliphatic heterocycles. The van der Waals surface area contributed by atoms with Crippen molar-refractivity contribution < 1.29 is 4.79 Å². The highest BCUT2D eigenvalue weighted by Crippen LogP contribution is 2.27. The average Bonchev–Trinajstić information content (AvgIpc) is 2.72. The van der Waals surface area contributed by atoms with Gasteiger partial charge in [-0.2, -0.15) is 0 Å². The fourth-order valence-corrected chi connectivity index (χ4v) is 4.39. The third kappa shape index (κ3) is 5.39. The Balaban J connectivity index is 1.54. The van der Waals surface area contributed by atoms with Gasteiger partial charge in [0, 0.05) is 19.5 Å². The maximum absolute atomic E-state index is 12.9. The van der Waals surface area contributed by atoms with Gasteiger partial charge in [-0.3, -0.25) is 4.79 Å². The molecule has 1 atom stereocenters. The van der Waals surface area contributed by atoms with Crippen molar-refractivity contribution in [3.05, 3.63) is 64.7 Å². The lowest BCUT2D eigenvalue weighted by Gasteiger charge is -2.36. The van der Waals surface area contributed by atoms with Crippen molar-refractivity contribution in [2.75, 3.05) is 25.2 Å². The predicted molar refractivity (Wildman–Crippen MR) is 129 cm³/mol. The number of benzene rings is 2. The standard InChI is InChI=1S/C25H33N3OS/c1-4-6-21(24(26)30)16-20-11-9-19(10-12-20)7-5-14-28-17-27(3)23-13-8-18(2)15-22(23)25(28)29/h8-13,15,21H,4-7,14,16-17H2,1-3H3,(H2,26,30). The SMILES string of the molecule is CCCC(Cc1ccc(CCCN2CN(C)c3ccc(C)cc3C2=O)cc1)C(N)=S. The minimum Gasteiger partial charge on any atom is -0.393 e. The summed E-state index contributed by atoms with van der Waals surface area (Å²) < 4.78 is 0. The van der Waals surface area contributed by atoms with Crippen molar-refractivity contribution in [1.82, 2.24) is 4.90 Å². The second-order valence-electron chi connectivity index (χ2n) is 8.44. The number of anilines is 1. The van der Waals surface area contributed by atoms with Crippen molar-refractivity contribution in [3.8, 4) is 0 Å². The van der Waals surface area contributed by atoms with Gasteiger partial charge in [-0.05, 0) is 55.9 Å². The number of thiocarbonyl (C=S) groups is 1. The number of nitrogens with two attached hydrogens (primary N) is 1. The fourth-order valence-electron chi connectivity index (χ4n) is 4.19. The maximum Gasteiger partial charge on any atom is 0.257 e. The number of hydrogen-bond donors (Lipinski definition) is 1. The molecule has 0 radical (unpaired) electrons. The van der Waals surface area contributed by atoms with E-state index in [1.807, 2.05) is 31.0 Å². The highest BCUT2D eigenvalue weighted by Gasteiger charge is 2.26. The van der Waals surface area contributed by atoms with Gasteiger partial charge in [0.2, 0.25) is 0 Å². The number of fused-ring (bicyclic) bond motifs is 1. The Kier molecular flexibility index (Phi) is 7.48. The zero-order valence-electron chi connectivity index (χ0n) is 18.4. The lowest BCUT2D eigenvalue weighted by atomic mass is 9.94. The normalized spacial score (nSPS) is 14.6. The molecule has 0 fully saturated rings. The van der Waals surface area contributed by atoms with Gasteiger partial charge >= 0.3 is 0 Å². The first-order valence-corrected chi connectivity index (χ1v) is 11.3. The lowest BCUT2D eigenvalue weighted by molar-refractivity contribution is 0.0742. The molecular formula is C25H33N3OS. The minimum absolute atomic E-state index is 0.141. The third-order valence-electron chi connectivity index (χ3n) is 5.90. The van der Waals surface area contributed by atoms with Crippen molar-refractivity contribution in [2.24, 2.45) is 11.7 Å². The van der Waals surface area contributed by atoms with E-state index in [2.05, 4.69) is 42.2 Å². The Morgan fingerprint density at radius 2 is 1.87 bits per heavy atom. The van der Waals surface area contributed by atoms with Crippen LogP contribution in [-0.2, 0) is 12.8 Å². The first-order valence-electron chi connectivity index (χ1n) is 10.9. The Morgan fingerprint density at radius 1 is 1.17 bits per heavy atom. The molecule has 0 aromatic heterocycles. The van der Waals surface area contributed by atoms with E-state index < -0.39 is 0 Å². The van der Waals surface area contributed by atoms with E-state index in [0.29, 0.717) is 11.7 Å². The molecule has 0 saturated carbocycles. The van der Waals surface area contributed by atoms with Gasteiger partial charge in [-0.15, -0.1) is 0 Å². The molecule has 2 aromatic carbocycles. The van der Waals surface area contributed by atoms with Crippen molar-refractivity contribution in [2.45, 2.75) is 46.0 Å². The maximum atomic E-state index is 12.9. The van der Waals surface area contributed by atoms with Crippen molar-refractivity contribution in [3.63, 3.8) is 0 Å². The van der Waals surface area contributed by atoms with Crippen LogP contribution in [0.25, 0.3) is 0 Å². The summed E-state index contributed by atoms with van der Waals surface area (Å²) in [6.07, 6.45) is 4.96. The number of nitrogens with zero attached hydrogens (tertiary/aromatic N) is 2. The molecule has 1 heterocycles. The molecule has 30 heavy (non-hydrogen) atoms. The van der Waals surface area contributed by atoms with Gasteiger partial charge < -0.3 is 15.5 Å². The van der Waals surface area contributed by atoms with Crippen LogP contribution in [0.15, 0.2) is 42.5 Å². The molecule has 2 N–H and O–H groups in total. The highest BCUT2D eigenvalue weighted by molar-refractivity contribution is 7.80. The molecule has 2 aromatic rings. The van der Waals surface area contributed by atoms with Crippen LogP contribution in [0.3, 0.4) is 0 Å². The summed E-state index contributed by atoms with van der Waals surface area (Å²) in [5.41, 5.74) is 11.4. The second-order valence-corrected chi connectivity index (χ2v) is 8.91.